The smallest absolute Gasteiger partial charge is 0.423 e. The van der Waals surface area contributed by atoms with Crippen LogP contribution in [-0.4, -0.2) is 56.2 Å². The molecular formula is C90H62BClF2N10O2. The first-order valence-corrected chi connectivity index (χ1v) is 34.8. The summed E-state index contributed by atoms with van der Waals surface area (Å²) >= 11 is 5.99. The molecule has 106 heavy (non-hydrogen) atoms. The number of nitrogens with zero attached hydrogens (tertiary/aromatic N) is 8. The van der Waals surface area contributed by atoms with Gasteiger partial charge in [-0.3, -0.25) is 0 Å². The number of halogens is 3. The Labute approximate surface area is 614 Å². The molecule has 0 bridgehead atoms. The number of hydrogen-bond acceptors (Lipinski definition) is 10. The van der Waals surface area contributed by atoms with Gasteiger partial charge in [-0.15, -0.1) is 0 Å². The zero-order valence-corrected chi connectivity index (χ0v) is 57.4. The van der Waals surface area contributed by atoms with Crippen LogP contribution in [0.1, 0.15) is 0 Å². The Bertz CT molecular complexity index is 5960. The van der Waals surface area contributed by atoms with Gasteiger partial charge in [0, 0.05) is 100.0 Å². The van der Waals surface area contributed by atoms with Crippen LogP contribution < -0.4 is 16.1 Å². The normalized spacial score (nSPS) is 11.1. The second-order valence-electron chi connectivity index (χ2n) is 24.9. The predicted molar refractivity (Wildman–Crippen MR) is 427 cm³/mol. The Balaban J connectivity index is 0.000000135. The van der Waals surface area contributed by atoms with Crippen molar-refractivity contribution in [1.82, 2.24) is 39.0 Å². The van der Waals surface area contributed by atoms with Crippen molar-refractivity contribution < 1.29 is 18.8 Å². The van der Waals surface area contributed by atoms with E-state index in [1.54, 1.807) is 12.1 Å². The van der Waals surface area contributed by atoms with Crippen LogP contribution in [0.25, 0.3) is 134 Å². The summed E-state index contributed by atoms with van der Waals surface area (Å²) in [6.45, 7) is 0. The summed E-state index contributed by atoms with van der Waals surface area (Å²) < 4.78 is 38.2. The van der Waals surface area contributed by atoms with Crippen molar-refractivity contribution in [1.29, 1.82) is 0 Å². The van der Waals surface area contributed by atoms with Crippen LogP contribution in [0.2, 0.25) is 5.28 Å². The van der Waals surface area contributed by atoms with E-state index in [-0.39, 0.29) is 27.7 Å². The maximum Gasteiger partial charge on any atom is 0.493 e. The molecule has 508 valence electrons. The molecule has 4 aromatic heterocycles. The van der Waals surface area contributed by atoms with Crippen LogP contribution in [0.5, 0.6) is 0 Å². The average Bonchev–Trinajstić information content (AvgIpc) is 1.62. The number of para-hydroxylation sites is 8. The van der Waals surface area contributed by atoms with Crippen LogP contribution in [-0.2, 0) is 0 Å². The van der Waals surface area contributed by atoms with E-state index in [2.05, 4.69) is 54.4 Å². The van der Waals surface area contributed by atoms with Gasteiger partial charge < -0.3 is 29.8 Å². The van der Waals surface area contributed by atoms with E-state index in [1.165, 1.54) is 0 Å². The van der Waals surface area contributed by atoms with Crippen LogP contribution >= 0.6 is 11.6 Å². The lowest BCUT2D eigenvalue weighted by atomic mass is 9.76. The molecule has 0 aliphatic carbocycles. The van der Waals surface area contributed by atoms with Crippen molar-refractivity contribution >= 4 is 90.5 Å². The first-order valence-electron chi connectivity index (χ1n) is 34.4. The SMILES string of the molecule is Clc1nc(-c2ccccc2)nc(-c2ccccc2)n1.Fc1c(-c2ccccc2Nc2ccccc2)ccc(-n2c3ccccc3c3ccccc32)c1-c1nc(-c2ccccc2)nc(-c2ccccc2)n1.OB(O)c1c(-n2c3ccccc3c3ccccc32)ccc(-c2ccccc2Nc2ccccc2)c1F. The minimum Gasteiger partial charge on any atom is -0.423 e. The molecule has 0 saturated carbocycles. The van der Waals surface area contributed by atoms with E-state index in [4.69, 9.17) is 26.6 Å². The van der Waals surface area contributed by atoms with Gasteiger partial charge in [-0.25, -0.2) is 28.7 Å². The Hall–Kier alpha value is -13.6. The summed E-state index contributed by atoms with van der Waals surface area (Å²) in [4.78, 5) is 27.8. The Morgan fingerprint density at radius 1 is 0.283 bits per heavy atom. The molecule has 0 atom stereocenters. The van der Waals surface area contributed by atoms with Gasteiger partial charge >= 0.3 is 7.12 Å². The van der Waals surface area contributed by atoms with Crippen LogP contribution in [0.3, 0.4) is 0 Å². The molecule has 0 radical (unpaired) electrons. The monoisotopic (exact) mass is 1400 g/mol. The van der Waals surface area contributed by atoms with Gasteiger partial charge in [-0.1, -0.05) is 267 Å². The lowest BCUT2D eigenvalue weighted by Gasteiger charge is -2.19. The fourth-order valence-electron chi connectivity index (χ4n) is 13.5. The highest BCUT2D eigenvalue weighted by Gasteiger charge is 2.29. The predicted octanol–water partition coefficient (Wildman–Crippen LogP) is 21.4. The maximum absolute atomic E-state index is 17.9. The van der Waals surface area contributed by atoms with Gasteiger partial charge in [0.1, 0.15) is 11.6 Å². The second kappa shape index (κ2) is 30.2. The van der Waals surface area contributed by atoms with Crippen LogP contribution in [0.15, 0.2) is 352 Å². The van der Waals surface area contributed by atoms with Gasteiger partial charge in [0.05, 0.1) is 33.3 Å². The molecule has 0 unspecified atom stereocenters. The van der Waals surface area contributed by atoms with Crippen molar-refractivity contribution in [3.05, 3.63) is 369 Å². The van der Waals surface area contributed by atoms with Crippen molar-refractivity contribution in [3.8, 4) is 90.6 Å². The zero-order valence-electron chi connectivity index (χ0n) is 56.7. The minimum absolute atomic E-state index is 0.173. The summed E-state index contributed by atoms with van der Waals surface area (Å²) in [6, 6.07) is 113. The van der Waals surface area contributed by atoms with Crippen molar-refractivity contribution in [2.75, 3.05) is 10.6 Å². The summed E-state index contributed by atoms with van der Waals surface area (Å²) in [7, 11) is -2.01. The molecule has 14 aromatic carbocycles. The molecule has 18 aromatic rings. The highest BCUT2D eigenvalue weighted by molar-refractivity contribution is 6.60. The fourth-order valence-corrected chi connectivity index (χ4v) is 13.6. The number of anilines is 4. The highest BCUT2D eigenvalue weighted by atomic mass is 35.5. The number of nitrogens with one attached hydrogen (secondary N) is 2. The summed E-state index contributed by atoms with van der Waals surface area (Å²) in [5.41, 5.74) is 13.5. The lowest BCUT2D eigenvalue weighted by molar-refractivity contribution is 0.423. The summed E-state index contributed by atoms with van der Waals surface area (Å²) in [6.07, 6.45) is 0. The standard InChI is InChI=1S/C45H30FN5.C30H22BFN2O2.C15H10ClN3/c46-42-36(33-22-10-13-25-37(33)47-32-20-8-3-9-21-32)28-29-40(51-38-26-14-11-23-34(38)35-24-12-15-27-39(35)51)41(42)45-49-43(30-16-4-1-5-17-30)48-44(50-45)31-18-6-2-7-19-31;32-30-24(21-12-4-7-15-25(21)33-20-10-2-1-3-11-20)18-19-28(29(30)31(35)36)34-26-16-8-5-13-22(26)23-14-6-9-17-27(23)34;16-15-18-13(11-7-3-1-4-8-11)17-14(19-15)12-9-5-2-6-10-12/h1-29,47H;1-19,33,35-36H;1-10H. The molecule has 0 aliphatic heterocycles. The highest BCUT2D eigenvalue weighted by Crippen LogP contribution is 2.43. The molecule has 12 nitrogen and oxygen atoms in total. The molecule has 16 heteroatoms. The Morgan fingerprint density at radius 3 is 0.953 bits per heavy atom. The van der Waals surface area contributed by atoms with Crippen molar-refractivity contribution in [3.63, 3.8) is 0 Å². The van der Waals surface area contributed by atoms with Gasteiger partial charge in [0.15, 0.2) is 29.1 Å². The van der Waals surface area contributed by atoms with E-state index in [0.29, 0.717) is 51.5 Å². The molecule has 4 heterocycles. The average molecular weight is 1400 g/mol. The molecule has 0 saturated heterocycles. The third-order valence-corrected chi connectivity index (χ3v) is 18.5. The van der Waals surface area contributed by atoms with Gasteiger partial charge in [-0.05, 0) is 96.5 Å². The summed E-state index contributed by atoms with van der Waals surface area (Å²) in [5.74, 6) is 1.23. The third-order valence-electron chi connectivity index (χ3n) is 18.3. The zero-order chi connectivity index (χ0) is 71.9. The second-order valence-corrected chi connectivity index (χ2v) is 25.2. The topological polar surface area (TPSA) is 152 Å². The first-order chi connectivity index (χ1) is 52.2. The largest absolute Gasteiger partial charge is 0.493 e. The first kappa shape index (κ1) is 67.0. The van der Waals surface area contributed by atoms with Crippen molar-refractivity contribution in [2.45, 2.75) is 0 Å². The molecule has 0 amide bonds. The molecule has 0 aliphatic rings. The molecule has 0 spiro atoms. The van der Waals surface area contributed by atoms with E-state index >= 15 is 8.78 Å². The van der Waals surface area contributed by atoms with Gasteiger partial charge in [-0.2, -0.15) is 9.97 Å². The van der Waals surface area contributed by atoms with E-state index in [9.17, 15) is 10.0 Å². The lowest BCUT2D eigenvalue weighted by Crippen LogP contribution is -2.36. The number of hydrogen-bond donors (Lipinski definition) is 4. The third kappa shape index (κ3) is 13.6. The minimum atomic E-state index is -2.01. The number of aromatic nitrogens is 8. The quantitative estimate of drug-likeness (QED) is 0.0775. The summed E-state index contributed by atoms with van der Waals surface area (Å²) in [5, 5.41) is 32.0. The van der Waals surface area contributed by atoms with Crippen LogP contribution in [0, 0.1) is 11.6 Å². The molecule has 18 rings (SSSR count). The van der Waals surface area contributed by atoms with E-state index in [1.807, 2.05) is 320 Å². The van der Waals surface area contributed by atoms with Gasteiger partial charge in [0.25, 0.3) is 0 Å². The fraction of sp³-hybridized carbons (Fsp3) is 0. The molecule has 0 fully saturated rings. The van der Waals surface area contributed by atoms with E-state index in [0.717, 1.165) is 88.5 Å². The van der Waals surface area contributed by atoms with Crippen molar-refractivity contribution in [2.24, 2.45) is 0 Å². The Kier molecular flexibility index (Phi) is 19.1. The number of fused-ring (bicyclic) bond motifs is 6. The van der Waals surface area contributed by atoms with E-state index < -0.39 is 18.8 Å². The molecule has 4 N–H and O–H groups in total. The Morgan fingerprint density at radius 2 is 0.575 bits per heavy atom. The van der Waals surface area contributed by atoms with Gasteiger partial charge in [0.2, 0.25) is 5.28 Å². The molecular weight excluding hydrogens is 1340 g/mol. The van der Waals surface area contributed by atoms with Crippen LogP contribution in [0.4, 0.5) is 31.5 Å². The maximum atomic E-state index is 17.9. The number of benzene rings is 14. The number of rotatable bonds is 14.